The lowest BCUT2D eigenvalue weighted by Gasteiger charge is -1.72. The van der Waals surface area contributed by atoms with E-state index in [9.17, 15) is 0 Å². The Hall–Kier alpha value is 0.250. The third-order valence-electron chi connectivity index (χ3n) is 1.06. The van der Waals surface area contributed by atoms with Crippen LogP contribution in [0, 0.1) is 9.94 Å². The first-order valence-electron chi connectivity index (χ1n) is 2.65. The van der Waals surface area contributed by atoms with Gasteiger partial charge in [-0.05, 0) is 29.5 Å². The van der Waals surface area contributed by atoms with E-state index in [0.29, 0.717) is 0 Å². The molecule has 0 radical (unpaired) electrons. The summed E-state index contributed by atoms with van der Waals surface area (Å²) in [5, 5.41) is 1.10. The maximum atomic E-state index is 4.30. The van der Waals surface area contributed by atoms with Crippen LogP contribution in [0.3, 0.4) is 0 Å². The molecule has 2 aromatic heterocycles. The molecule has 0 bridgehead atoms. The molecule has 5 heteroatoms. The number of hydrogen-bond acceptors (Lipinski definition) is 4. The van der Waals surface area contributed by atoms with Gasteiger partial charge in [-0.15, -0.1) is 0 Å². The van der Waals surface area contributed by atoms with E-state index in [1.54, 1.807) is 22.7 Å². The fourth-order valence-electron chi connectivity index (χ4n) is 0.717. The Morgan fingerprint density at radius 1 is 1.20 bits per heavy atom. The van der Waals surface area contributed by atoms with Crippen LogP contribution in [-0.4, -0.2) is 9.97 Å². The number of halogens is 1. The molecule has 2 heterocycles. The van der Waals surface area contributed by atoms with E-state index in [4.69, 9.17) is 0 Å². The highest BCUT2D eigenvalue weighted by molar-refractivity contribution is 14.1. The highest BCUT2D eigenvalue weighted by Gasteiger charge is 2.04. The molecular weight excluding hydrogens is 279 g/mol. The second kappa shape index (κ2) is 2.38. The first-order valence-corrected chi connectivity index (χ1v) is 5.36. The molecular formula is C5H3IN2S2. The van der Waals surface area contributed by atoms with Crippen molar-refractivity contribution in [2.24, 2.45) is 0 Å². The molecule has 0 amide bonds. The predicted molar refractivity (Wildman–Crippen MR) is 52.7 cm³/mol. The Morgan fingerprint density at radius 2 is 1.90 bits per heavy atom. The molecule has 0 atom stereocenters. The lowest BCUT2D eigenvalue weighted by Crippen LogP contribution is -1.60. The van der Waals surface area contributed by atoms with Gasteiger partial charge in [0.25, 0.3) is 0 Å². The van der Waals surface area contributed by atoms with Crippen molar-refractivity contribution >= 4 is 54.9 Å². The molecule has 0 aromatic carbocycles. The zero-order valence-electron chi connectivity index (χ0n) is 5.09. The van der Waals surface area contributed by atoms with Crippen molar-refractivity contribution in [1.82, 2.24) is 9.97 Å². The van der Waals surface area contributed by atoms with Crippen LogP contribution in [0.15, 0.2) is 0 Å². The molecule has 10 heavy (non-hydrogen) atoms. The summed E-state index contributed by atoms with van der Waals surface area (Å²) in [6.07, 6.45) is 0. The normalized spacial score (nSPS) is 11.0. The topological polar surface area (TPSA) is 25.8 Å². The molecule has 0 spiro atoms. The maximum Gasteiger partial charge on any atom is 0.157 e. The monoisotopic (exact) mass is 282 g/mol. The predicted octanol–water partition coefficient (Wildman–Crippen LogP) is 2.67. The third kappa shape index (κ3) is 1.06. The molecule has 0 saturated heterocycles. The second-order valence-electron chi connectivity index (χ2n) is 1.81. The van der Waals surface area contributed by atoms with E-state index < -0.39 is 0 Å². The van der Waals surface area contributed by atoms with Crippen LogP contribution in [-0.2, 0) is 0 Å². The average Bonchev–Trinajstić information content (AvgIpc) is 2.21. The van der Waals surface area contributed by atoms with Crippen LogP contribution in [0.4, 0.5) is 0 Å². The minimum absolute atomic E-state index is 1.08. The summed E-state index contributed by atoms with van der Waals surface area (Å²) >= 11 is 5.52. The van der Waals surface area contributed by atoms with Gasteiger partial charge < -0.3 is 0 Å². The first kappa shape index (κ1) is 6.93. The molecule has 0 N–H and O–H groups in total. The first-order chi connectivity index (χ1) is 4.75. The second-order valence-corrected chi connectivity index (χ2v) is 5.72. The lowest BCUT2D eigenvalue weighted by atomic mass is 10.8. The molecule has 0 unspecified atom stereocenters. The van der Waals surface area contributed by atoms with Gasteiger partial charge >= 0.3 is 0 Å². The Kier molecular flexibility index (Phi) is 1.65. The van der Waals surface area contributed by atoms with Crippen molar-refractivity contribution in [1.29, 1.82) is 0 Å². The van der Waals surface area contributed by atoms with Gasteiger partial charge in [0.05, 0.1) is 5.01 Å². The molecule has 2 aromatic rings. The van der Waals surface area contributed by atoms with Gasteiger partial charge in [-0.2, -0.15) is 0 Å². The van der Waals surface area contributed by atoms with Crippen LogP contribution in [0.2, 0.25) is 0 Å². The van der Waals surface area contributed by atoms with Gasteiger partial charge in [0.1, 0.15) is 0 Å². The summed E-state index contributed by atoms with van der Waals surface area (Å²) in [5.74, 6) is 0. The average molecular weight is 282 g/mol. The van der Waals surface area contributed by atoms with E-state index in [0.717, 1.165) is 17.7 Å². The highest BCUT2D eigenvalue weighted by Crippen LogP contribution is 2.26. The number of nitrogens with zero attached hydrogens (tertiary/aromatic N) is 2. The van der Waals surface area contributed by atoms with E-state index in [1.807, 2.05) is 6.92 Å². The Morgan fingerprint density at radius 3 is 2.60 bits per heavy atom. The summed E-state index contributed by atoms with van der Waals surface area (Å²) in [6.45, 7) is 2.01. The molecule has 0 aliphatic heterocycles. The van der Waals surface area contributed by atoms with Gasteiger partial charge in [-0.3, -0.25) is 0 Å². The van der Waals surface area contributed by atoms with Crippen molar-refractivity contribution in [2.45, 2.75) is 6.92 Å². The van der Waals surface area contributed by atoms with E-state index in [2.05, 4.69) is 32.6 Å². The van der Waals surface area contributed by atoms with Gasteiger partial charge in [0.15, 0.2) is 12.7 Å². The maximum absolute atomic E-state index is 4.30. The summed E-state index contributed by atoms with van der Waals surface area (Å²) < 4.78 is 1.08. The zero-order chi connectivity index (χ0) is 7.14. The summed E-state index contributed by atoms with van der Waals surface area (Å²) in [7, 11) is 0. The van der Waals surface area contributed by atoms with Crippen molar-refractivity contribution in [3.63, 3.8) is 0 Å². The summed E-state index contributed by atoms with van der Waals surface area (Å²) in [4.78, 5) is 10.8. The molecule has 52 valence electrons. The van der Waals surface area contributed by atoms with Gasteiger partial charge in [-0.1, -0.05) is 22.7 Å². The molecule has 2 nitrogen and oxygen atoms in total. The van der Waals surface area contributed by atoms with Crippen LogP contribution < -0.4 is 0 Å². The highest BCUT2D eigenvalue weighted by atomic mass is 127. The largest absolute Gasteiger partial charge is 0.229 e. The Bertz CT molecular complexity index is 301. The molecule has 0 aliphatic carbocycles. The smallest absolute Gasteiger partial charge is 0.157 e. The zero-order valence-corrected chi connectivity index (χ0v) is 8.88. The summed E-state index contributed by atoms with van der Waals surface area (Å²) in [6, 6.07) is 0. The lowest BCUT2D eigenvalue weighted by molar-refractivity contribution is 1.36. The van der Waals surface area contributed by atoms with Crippen LogP contribution >= 0.6 is 45.3 Å². The SMILES string of the molecule is Cc1nc2sc(I)nc2s1. The minimum Gasteiger partial charge on any atom is -0.229 e. The quantitative estimate of drug-likeness (QED) is 0.694. The summed E-state index contributed by atoms with van der Waals surface area (Å²) in [5.41, 5.74) is 0. The third-order valence-corrected chi connectivity index (χ3v) is 3.69. The van der Waals surface area contributed by atoms with E-state index in [1.165, 1.54) is 0 Å². The fraction of sp³-hybridized carbons (Fsp3) is 0.200. The van der Waals surface area contributed by atoms with Crippen molar-refractivity contribution in [3.8, 4) is 0 Å². The number of aromatic nitrogens is 2. The number of thiazole rings is 2. The van der Waals surface area contributed by atoms with Crippen molar-refractivity contribution in [2.75, 3.05) is 0 Å². The molecule has 0 aliphatic rings. The van der Waals surface area contributed by atoms with Crippen molar-refractivity contribution in [3.05, 3.63) is 8.02 Å². The van der Waals surface area contributed by atoms with Crippen LogP contribution in [0.1, 0.15) is 5.01 Å². The molecule has 0 saturated carbocycles. The Balaban J connectivity index is 2.83. The number of rotatable bonds is 0. The van der Waals surface area contributed by atoms with E-state index in [-0.39, 0.29) is 0 Å². The van der Waals surface area contributed by atoms with Gasteiger partial charge in [0, 0.05) is 0 Å². The number of fused-ring (bicyclic) bond motifs is 1. The Labute approximate surface area is 79.5 Å². The van der Waals surface area contributed by atoms with Gasteiger partial charge in [-0.25, -0.2) is 9.97 Å². The molecule has 2 rings (SSSR count). The van der Waals surface area contributed by atoms with Crippen molar-refractivity contribution < 1.29 is 0 Å². The van der Waals surface area contributed by atoms with E-state index >= 15 is 0 Å². The van der Waals surface area contributed by atoms with Crippen LogP contribution in [0.5, 0.6) is 0 Å². The fourth-order valence-corrected chi connectivity index (χ4v) is 3.41. The van der Waals surface area contributed by atoms with Gasteiger partial charge in [0.2, 0.25) is 0 Å². The minimum atomic E-state index is 1.08. The molecule has 0 fully saturated rings. The number of hydrogen-bond donors (Lipinski definition) is 0. The standard InChI is InChI=1S/C5H3IN2S2/c1-2-7-3-4(9-2)8-5(6)10-3/h1H3. The number of aryl methyl sites for hydroxylation is 1. The van der Waals surface area contributed by atoms with Crippen LogP contribution in [0.25, 0.3) is 9.66 Å².